The highest BCUT2D eigenvalue weighted by Crippen LogP contribution is 2.17. The summed E-state index contributed by atoms with van der Waals surface area (Å²) in [5, 5.41) is 0. The summed E-state index contributed by atoms with van der Waals surface area (Å²) in [5.41, 5.74) is 6.83. The van der Waals surface area contributed by atoms with E-state index in [-0.39, 0.29) is 4.90 Å². The highest BCUT2D eigenvalue weighted by molar-refractivity contribution is 7.89. The number of likely N-dealkylation sites (N-methyl/N-ethyl adjacent to an activating group) is 1. The Hall–Kier alpha value is -1.11. The second-order valence-electron chi connectivity index (χ2n) is 4.32. The molecule has 1 aromatic rings. The molecule has 1 rings (SSSR count). The van der Waals surface area contributed by atoms with E-state index in [0.717, 1.165) is 6.54 Å². The maximum Gasteiger partial charge on any atom is 0.240 e. The van der Waals surface area contributed by atoms with E-state index in [1.165, 1.54) is 6.07 Å². The van der Waals surface area contributed by atoms with Gasteiger partial charge in [-0.1, -0.05) is 6.92 Å². The van der Waals surface area contributed by atoms with Gasteiger partial charge in [0.25, 0.3) is 0 Å². The predicted octanol–water partition coefficient (Wildman–Crippen LogP) is 0.807. The molecule has 102 valence electrons. The first kappa shape index (κ1) is 14.9. The Morgan fingerprint density at radius 3 is 2.61 bits per heavy atom. The normalized spacial score (nSPS) is 12.0. The van der Waals surface area contributed by atoms with Crippen LogP contribution in [0.2, 0.25) is 0 Å². The third-order valence-electron chi connectivity index (χ3n) is 2.81. The average molecular weight is 271 g/mol. The number of anilines is 1. The maximum atomic E-state index is 12.1. The standard InChI is InChI=1S/C12H21N3O2S/c1-4-15(3)8-7-14-18(16,17)12-6-5-11(13)9-10(12)2/h5-6,9,14H,4,7-8,13H2,1-3H3. The van der Waals surface area contributed by atoms with Gasteiger partial charge in [-0.15, -0.1) is 0 Å². The van der Waals surface area contributed by atoms with Gasteiger partial charge in [-0.05, 0) is 44.3 Å². The molecule has 0 atom stereocenters. The van der Waals surface area contributed by atoms with Gasteiger partial charge in [0.15, 0.2) is 0 Å². The number of nitrogens with one attached hydrogen (secondary N) is 1. The zero-order chi connectivity index (χ0) is 13.8. The summed E-state index contributed by atoms with van der Waals surface area (Å²) in [6.07, 6.45) is 0. The molecule has 0 spiro atoms. The van der Waals surface area contributed by atoms with Crippen molar-refractivity contribution in [2.75, 3.05) is 32.4 Å². The maximum absolute atomic E-state index is 12.1. The zero-order valence-electron chi connectivity index (χ0n) is 11.1. The highest BCUT2D eigenvalue weighted by Gasteiger charge is 2.16. The fraction of sp³-hybridized carbons (Fsp3) is 0.500. The van der Waals surface area contributed by atoms with Gasteiger partial charge >= 0.3 is 0 Å². The molecule has 5 nitrogen and oxygen atoms in total. The van der Waals surface area contributed by atoms with Crippen molar-refractivity contribution in [3.63, 3.8) is 0 Å². The van der Waals surface area contributed by atoms with Crippen LogP contribution in [0.15, 0.2) is 23.1 Å². The summed E-state index contributed by atoms with van der Waals surface area (Å²) < 4.78 is 26.7. The SMILES string of the molecule is CCN(C)CCNS(=O)(=O)c1ccc(N)cc1C. The van der Waals surface area contributed by atoms with E-state index in [0.29, 0.717) is 24.3 Å². The summed E-state index contributed by atoms with van der Waals surface area (Å²) in [4.78, 5) is 2.33. The minimum atomic E-state index is -3.44. The van der Waals surface area contributed by atoms with E-state index in [2.05, 4.69) is 4.72 Å². The minimum absolute atomic E-state index is 0.288. The fourth-order valence-electron chi connectivity index (χ4n) is 1.58. The molecule has 0 amide bonds. The second-order valence-corrected chi connectivity index (χ2v) is 6.05. The Kier molecular flexibility index (Phi) is 5.13. The molecule has 18 heavy (non-hydrogen) atoms. The molecule has 0 aliphatic carbocycles. The topological polar surface area (TPSA) is 75.4 Å². The van der Waals surface area contributed by atoms with E-state index in [4.69, 9.17) is 5.73 Å². The first-order valence-electron chi connectivity index (χ1n) is 5.91. The number of nitrogens with two attached hydrogens (primary N) is 1. The molecule has 0 saturated carbocycles. The van der Waals surface area contributed by atoms with Crippen molar-refractivity contribution >= 4 is 15.7 Å². The lowest BCUT2D eigenvalue weighted by Crippen LogP contribution is -2.33. The van der Waals surface area contributed by atoms with E-state index in [1.807, 2.05) is 18.9 Å². The number of rotatable bonds is 6. The molecule has 0 aliphatic rings. The van der Waals surface area contributed by atoms with Crippen molar-refractivity contribution in [1.82, 2.24) is 9.62 Å². The molecule has 0 aliphatic heterocycles. The van der Waals surface area contributed by atoms with Crippen LogP contribution in [0.3, 0.4) is 0 Å². The van der Waals surface area contributed by atoms with Crippen molar-refractivity contribution in [2.45, 2.75) is 18.7 Å². The van der Waals surface area contributed by atoms with Gasteiger partial charge in [0, 0.05) is 18.8 Å². The zero-order valence-corrected chi connectivity index (χ0v) is 11.9. The Labute approximate surface area is 109 Å². The van der Waals surface area contributed by atoms with E-state index in [9.17, 15) is 8.42 Å². The Balaban J connectivity index is 2.74. The average Bonchev–Trinajstić information content (AvgIpc) is 2.27. The van der Waals surface area contributed by atoms with Crippen LogP contribution in [0.25, 0.3) is 0 Å². The third-order valence-corrected chi connectivity index (χ3v) is 4.44. The minimum Gasteiger partial charge on any atom is -0.399 e. The van der Waals surface area contributed by atoms with Gasteiger partial charge in [-0.2, -0.15) is 0 Å². The smallest absolute Gasteiger partial charge is 0.240 e. The van der Waals surface area contributed by atoms with Gasteiger partial charge in [-0.3, -0.25) is 0 Å². The lowest BCUT2D eigenvalue weighted by atomic mass is 10.2. The van der Waals surface area contributed by atoms with E-state index in [1.54, 1.807) is 19.1 Å². The first-order chi connectivity index (χ1) is 8.36. The van der Waals surface area contributed by atoms with E-state index >= 15 is 0 Å². The fourth-order valence-corrected chi connectivity index (χ4v) is 2.83. The molecule has 6 heteroatoms. The van der Waals surface area contributed by atoms with Crippen LogP contribution >= 0.6 is 0 Å². The molecular weight excluding hydrogens is 250 g/mol. The van der Waals surface area contributed by atoms with Gasteiger partial charge in [0.2, 0.25) is 10.0 Å². The van der Waals surface area contributed by atoms with Crippen molar-refractivity contribution in [2.24, 2.45) is 0 Å². The predicted molar refractivity (Wildman–Crippen MR) is 74.0 cm³/mol. The molecule has 0 saturated heterocycles. The summed E-state index contributed by atoms with van der Waals surface area (Å²) in [7, 11) is -1.50. The van der Waals surface area contributed by atoms with Crippen LogP contribution in [0.5, 0.6) is 0 Å². The molecule has 0 aromatic heterocycles. The van der Waals surface area contributed by atoms with Crippen molar-refractivity contribution in [3.8, 4) is 0 Å². The van der Waals surface area contributed by atoms with Gasteiger partial charge in [0.1, 0.15) is 0 Å². The number of hydrogen-bond donors (Lipinski definition) is 2. The lowest BCUT2D eigenvalue weighted by Gasteiger charge is -2.15. The van der Waals surface area contributed by atoms with E-state index < -0.39 is 10.0 Å². The van der Waals surface area contributed by atoms with Crippen molar-refractivity contribution < 1.29 is 8.42 Å². The van der Waals surface area contributed by atoms with Gasteiger partial charge in [0.05, 0.1) is 4.90 Å². The van der Waals surface area contributed by atoms with Crippen molar-refractivity contribution in [1.29, 1.82) is 0 Å². The molecule has 3 N–H and O–H groups in total. The summed E-state index contributed by atoms with van der Waals surface area (Å²) in [6.45, 7) is 5.74. The number of hydrogen-bond acceptors (Lipinski definition) is 4. The monoisotopic (exact) mass is 271 g/mol. The molecular formula is C12H21N3O2S. The number of nitrogens with zero attached hydrogens (tertiary/aromatic N) is 1. The van der Waals surface area contributed by atoms with Crippen LogP contribution in [-0.4, -0.2) is 40.0 Å². The summed E-state index contributed by atoms with van der Waals surface area (Å²) in [5.74, 6) is 0. The van der Waals surface area contributed by atoms with Crippen molar-refractivity contribution in [3.05, 3.63) is 23.8 Å². The number of benzene rings is 1. The second kappa shape index (κ2) is 6.17. The Morgan fingerprint density at radius 1 is 1.39 bits per heavy atom. The summed E-state index contributed by atoms with van der Waals surface area (Å²) in [6, 6.07) is 4.79. The van der Waals surface area contributed by atoms with Gasteiger partial charge in [-0.25, -0.2) is 13.1 Å². The third kappa shape index (κ3) is 3.97. The molecule has 0 fully saturated rings. The van der Waals surface area contributed by atoms with Crippen LogP contribution < -0.4 is 10.5 Å². The molecule has 0 radical (unpaired) electrons. The van der Waals surface area contributed by atoms with Crippen LogP contribution in [0.4, 0.5) is 5.69 Å². The summed E-state index contributed by atoms with van der Waals surface area (Å²) >= 11 is 0. The lowest BCUT2D eigenvalue weighted by molar-refractivity contribution is 0.358. The molecule has 0 unspecified atom stereocenters. The first-order valence-corrected chi connectivity index (χ1v) is 7.39. The number of sulfonamides is 1. The molecule has 0 heterocycles. The Morgan fingerprint density at radius 2 is 2.06 bits per heavy atom. The van der Waals surface area contributed by atoms with Crippen LogP contribution in [0, 0.1) is 6.92 Å². The number of nitrogen functional groups attached to an aromatic ring is 1. The van der Waals surface area contributed by atoms with Crippen LogP contribution in [-0.2, 0) is 10.0 Å². The number of aryl methyl sites for hydroxylation is 1. The largest absolute Gasteiger partial charge is 0.399 e. The van der Waals surface area contributed by atoms with Crippen LogP contribution in [0.1, 0.15) is 12.5 Å². The molecule has 0 bridgehead atoms. The highest BCUT2D eigenvalue weighted by atomic mass is 32.2. The Bertz CT molecular complexity index is 500. The van der Waals surface area contributed by atoms with Gasteiger partial charge < -0.3 is 10.6 Å². The quantitative estimate of drug-likeness (QED) is 0.751. The molecule has 1 aromatic carbocycles.